The van der Waals surface area contributed by atoms with Crippen LogP contribution < -0.4 is 5.32 Å². The number of nitrogens with one attached hydrogen (secondary N) is 1. The van der Waals surface area contributed by atoms with E-state index in [0.29, 0.717) is 16.5 Å². The highest BCUT2D eigenvalue weighted by Gasteiger charge is 2.28. The van der Waals surface area contributed by atoms with Gasteiger partial charge < -0.3 is 5.32 Å². The van der Waals surface area contributed by atoms with Gasteiger partial charge in [-0.25, -0.2) is 19.9 Å². The van der Waals surface area contributed by atoms with Gasteiger partial charge in [-0.1, -0.05) is 12.1 Å². The van der Waals surface area contributed by atoms with Gasteiger partial charge in [-0.15, -0.1) is 11.3 Å². The largest absolute Gasteiger partial charge is 0.320 e. The fraction of sp³-hybridized carbons (Fsp3) is 0.208. The third-order valence-corrected chi connectivity index (χ3v) is 7.03. The summed E-state index contributed by atoms with van der Waals surface area (Å²) in [5, 5.41) is 3.97. The van der Waals surface area contributed by atoms with E-state index in [-0.39, 0.29) is 5.91 Å². The van der Waals surface area contributed by atoms with Gasteiger partial charge in [0, 0.05) is 11.3 Å². The highest BCUT2D eigenvalue weighted by molar-refractivity contribution is 7.20. The molecule has 0 bridgehead atoms. The first kappa shape index (κ1) is 19.1. The lowest BCUT2D eigenvalue weighted by molar-refractivity contribution is 0.103. The minimum Gasteiger partial charge on any atom is -0.320 e. The fourth-order valence-electron chi connectivity index (χ4n) is 4.03. The summed E-state index contributed by atoms with van der Waals surface area (Å²) in [5.41, 5.74) is 4.41. The zero-order chi connectivity index (χ0) is 21.8. The Morgan fingerprint density at radius 1 is 1.09 bits per heavy atom. The summed E-state index contributed by atoms with van der Waals surface area (Å²) in [6.07, 6.45) is 5.73. The molecule has 1 N–H and O–H groups in total. The van der Waals surface area contributed by atoms with Crippen LogP contribution in [0, 0.1) is 13.8 Å². The SMILES string of the molecule is Cc1nc(C2CC2)nc2sc(C(=O)Nc3ccc(-n4cnc5ccccc54)nc3)c(C)c12. The van der Waals surface area contributed by atoms with Crippen molar-refractivity contribution in [1.29, 1.82) is 0 Å². The van der Waals surface area contributed by atoms with Crippen LogP contribution in [0.2, 0.25) is 0 Å². The molecule has 7 nitrogen and oxygen atoms in total. The summed E-state index contributed by atoms with van der Waals surface area (Å²) in [4.78, 5) is 33.0. The molecule has 1 saturated carbocycles. The molecule has 4 heterocycles. The zero-order valence-corrected chi connectivity index (χ0v) is 18.5. The molecule has 1 aliphatic carbocycles. The number of aromatic nitrogens is 5. The molecule has 0 atom stereocenters. The van der Waals surface area contributed by atoms with E-state index in [9.17, 15) is 4.79 Å². The minimum atomic E-state index is -0.152. The number of para-hydroxylation sites is 2. The predicted octanol–water partition coefficient (Wildman–Crippen LogP) is 5.17. The van der Waals surface area contributed by atoms with Crippen molar-refractivity contribution >= 4 is 44.2 Å². The minimum absolute atomic E-state index is 0.152. The second kappa shape index (κ2) is 7.20. The van der Waals surface area contributed by atoms with E-state index in [2.05, 4.69) is 20.3 Å². The first-order valence-electron chi connectivity index (χ1n) is 10.6. The van der Waals surface area contributed by atoms with Crippen LogP contribution in [0.3, 0.4) is 0 Å². The Morgan fingerprint density at radius 2 is 1.94 bits per heavy atom. The van der Waals surface area contributed by atoms with Gasteiger partial charge in [0.15, 0.2) is 0 Å². The highest BCUT2D eigenvalue weighted by atomic mass is 32.1. The van der Waals surface area contributed by atoms with Crippen LogP contribution in [-0.4, -0.2) is 30.4 Å². The van der Waals surface area contributed by atoms with E-state index >= 15 is 0 Å². The summed E-state index contributed by atoms with van der Waals surface area (Å²) in [7, 11) is 0. The number of fused-ring (bicyclic) bond motifs is 2. The van der Waals surface area contributed by atoms with Crippen LogP contribution in [0.1, 0.15) is 45.5 Å². The van der Waals surface area contributed by atoms with Crippen LogP contribution in [0.25, 0.3) is 27.1 Å². The molecule has 0 unspecified atom stereocenters. The summed E-state index contributed by atoms with van der Waals surface area (Å²) < 4.78 is 1.93. The van der Waals surface area contributed by atoms with Crippen LogP contribution in [-0.2, 0) is 0 Å². The molecule has 0 saturated heterocycles. The molecule has 8 heteroatoms. The number of anilines is 1. The van der Waals surface area contributed by atoms with Gasteiger partial charge in [0.2, 0.25) is 0 Å². The Labute approximate surface area is 188 Å². The maximum Gasteiger partial charge on any atom is 0.266 e. The quantitative estimate of drug-likeness (QED) is 0.417. The van der Waals surface area contributed by atoms with E-state index < -0.39 is 0 Å². The first-order chi connectivity index (χ1) is 15.6. The Bertz CT molecular complexity index is 1500. The molecule has 4 aromatic heterocycles. The average Bonchev–Trinajstić information content (AvgIpc) is 3.47. The fourth-order valence-corrected chi connectivity index (χ4v) is 5.17. The van der Waals surface area contributed by atoms with Crippen LogP contribution in [0.4, 0.5) is 5.69 Å². The molecule has 0 aliphatic heterocycles. The number of hydrogen-bond donors (Lipinski definition) is 1. The summed E-state index contributed by atoms with van der Waals surface area (Å²) in [5.74, 6) is 1.98. The van der Waals surface area contributed by atoms with E-state index in [4.69, 9.17) is 4.98 Å². The number of carbonyl (C=O) groups is 1. The molecule has 158 valence electrons. The summed E-state index contributed by atoms with van der Waals surface area (Å²) in [6, 6.07) is 11.6. The molecule has 32 heavy (non-hydrogen) atoms. The predicted molar refractivity (Wildman–Crippen MR) is 126 cm³/mol. The van der Waals surface area contributed by atoms with Crippen molar-refractivity contribution in [3.05, 3.63) is 70.9 Å². The lowest BCUT2D eigenvalue weighted by Gasteiger charge is -2.07. The van der Waals surface area contributed by atoms with Gasteiger partial charge in [-0.3, -0.25) is 9.36 Å². The van der Waals surface area contributed by atoms with Crippen molar-refractivity contribution in [3.8, 4) is 5.82 Å². The van der Waals surface area contributed by atoms with Gasteiger partial charge >= 0.3 is 0 Å². The number of hydrogen-bond acceptors (Lipinski definition) is 6. The van der Waals surface area contributed by atoms with Gasteiger partial charge in [0.25, 0.3) is 5.91 Å². The molecule has 6 rings (SSSR count). The van der Waals surface area contributed by atoms with Crippen LogP contribution in [0.5, 0.6) is 0 Å². The Balaban J connectivity index is 1.27. The third-order valence-electron chi connectivity index (χ3n) is 5.84. The molecular formula is C24H20N6OS. The topological polar surface area (TPSA) is 85.6 Å². The van der Waals surface area contributed by atoms with Crippen molar-refractivity contribution in [1.82, 2.24) is 24.5 Å². The summed E-state index contributed by atoms with van der Waals surface area (Å²) >= 11 is 1.43. The maximum atomic E-state index is 13.0. The van der Waals surface area contributed by atoms with Crippen molar-refractivity contribution in [2.75, 3.05) is 5.32 Å². The lowest BCUT2D eigenvalue weighted by atomic mass is 10.1. The van der Waals surface area contributed by atoms with Crippen LogP contribution in [0.15, 0.2) is 48.9 Å². The third kappa shape index (κ3) is 3.15. The number of imidazole rings is 1. The standard InChI is InChI=1S/C24H20N6OS/c1-13-20-14(2)27-22(15-7-8-15)29-24(20)32-21(13)23(31)28-16-9-10-19(25-11-16)30-12-26-17-5-3-4-6-18(17)30/h3-6,9-12,15H,7-8H2,1-2H3,(H,28,31). The van der Waals surface area contributed by atoms with E-state index in [1.54, 1.807) is 12.5 Å². The number of benzene rings is 1. The van der Waals surface area contributed by atoms with E-state index in [1.165, 1.54) is 11.3 Å². The number of rotatable bonds is 4. The number of aryl methyl sites for hydroxylation is 2. The number of nitrogens with zero attached hydrogens (tertiary/aromatic N) is 5. The number of thiophene rings is 1. The molecule has 1 amide bonds. The molecule has 1 fully saturated rings. The molecule has 0 spiro atoms. The van der Waals surface area contributed by atoms with Crippen molar-refractivity contribution in [3.63, 3.8) is 0 Å². The average molecular weight is 441 g/mol. The molecule has 0 radical (unpaired) electrons. The monoisotopic (exact) mass is 440 g/mol. The normalized spacial score (nSPS) is 13.7. The second-order valence-electron chi connectivity index (χ2n) is 8.14. The highest BCUT2D eigenvalue weighted by Crippen LogP contribution is 2.40. The van der Waals surface area contributed by atoms with Gasteiger partial charge in [0.05, 0.1) is 33.5 Å². The number of carbonyl (C=O) groups excluding carboxylic acids is 1. The van der Waals surface area contributed by atoms with Gasteiger partial charge in [-0.05, 0) is 56.5 Å². The van der Waals surface area contributed by atoms with Crippen molar-refractivity contribution in [2.24, 2.45) is 0 Å². The molecule has 1 aliphatic rings. The van der Waals surface area contributed by atoms with Crippen molar-refractivity contribution < 1.29 is 4.79 Å². The zero-order valence-electron chi connectivity index (χ0n) is 17.7. The second-order valence-corrected chi connectivity index (χ2v) is 9.14. The first-order valence-corrected chi connectivity index (χ1v) is 11.4. The Morgan fingerprint density at radius 3 is 2.72 bits per heavy atom. The van der Waals surface area contributed by atoms with Gasteiger partial charge in [0.1, 0.15) is 22.8 Å². The maximum absolute atomic E-state index is 13.0. The lowest BCUT2D eigenvalue weighted by Crippen LogP contribution is -2.11. The van der Waals surface area contributed by atoms with E-state index in [1.807, 2.05) is 54.8 Å². The van der Waals surface area contributed by atoms with E-state index in [0.717, 1.165) is 57.0 Å². The van der Waals surface area contributed by atoms with Gasteiger partial charge in [-0.2, -0.15) is 0 Å². The smallest absolute Gasteiger partial charge is 0.266 e. The summed E-state index contributed by atoms with van der Waals surface area (Å²) in [6.45, 7) is 3.96. The number of amides is 1. The van der Waals surface area contributed by atoms with Crippen LogP contribution >= 0.6 is 11.3 Å². The number of pyridine rings is 1. The molecular weight excluding hydrogens is 420 g/mol. The Hall–Kier alpha value is -3.65. The Kier molecular flexibility index (Phi) is 4.29. The van der Waals surface area contributed by atoms with Crippen molar-refractivity contribution in [2.45, 2.75) is 32.6 Å². The molecule has 5 aromatic rings. The molecule has 1 aromatic carbocycles.